The van der Waals surface area contributed by atoms with Crippen LogP contribution >= 0.6 is 69.6 Å². The molecule has 0 fully saturated rings. The molecule has 15 heteroatoms. The van der Waals surface area contributed by atoms with Crippen molar-refractivity contribution < 1.29 is 34.5 Å². The second kappa shape index (κ2) is 20.5. The quantitative estimate of drug-likeness (QED) is 0.116. The van der Waals surface area contributed by atoms with Crippen molar-refractivity contribution in [3.63, 3.8) is 0 Å². The number of carboxylic acid groups (broad SMARTS) is 3. The average Bonchev–Trinajstić information content (AvgIpc) is 2.87. The monoisotopic (exact) mass is 764 g/mol. The molecule has 0 heterocycles. The molecule has 0 bridgehead atoms. The average molecular weight is 767 g/mol. The summed E-state index contributed by atoms with van der Waals surface area (Å²) in [6.45, 7) is 0. The molecule has 0 aliphatic carbocycles. The smallest absolute Gasteiger partial charge is 0.338 e. The molecule has 0 saturated carbocycles. The predicted octanol–water partition coefficient (Wildman–Crippen LogP) is 10.0. The van der Waals surface area contributed by atoms with Crippen LogP contribution in [0, 0.1) is 0 Å². The lowest BCUT2D eigenvalue weighted by Gasteiger charge is -2.09. The summed E-state index contributed by atoms with van der Waals surface area (Å²) in [5.41, 5.74) is 7.20. The molecule has 252 valence electrons. The van der Waals surface area contributed by atoms with Gasteiger partial charge in [-0.3, -0.25) is 9.59 Å². The van der Waals surface area contributed by atoms with Crippen LogP contribution < -0.4 is 11.1 Å². The number of anilines is 2. The topological polar surface area (TPSA) is 167 Å². The van der Waals surface area contributed by atoms with Gasteiger partial charge in [-0.05, 0) is 59.7 Å². The van der Waals surface area contributed by atoms with E-state index in [2.05, 4.69) is 5.32 Å². The third-order valence-corrected chi connectivity index (χ3v) is 6.98. The minimum Gasteiger partial charge on any atom is -0.481 e. The summed E-state index contributed by atoms with van der Waals surface area (Å²) in [4.78, 5) is 43.7. The van der Waals surface area contributed by atoms with Crippen LogP contribution in [0.15, 0.2) is 72.8 Å². The summed E-state index contributed by atoms with van der Waals surface area (Å²) in [6, 6.07) is 19.1. The number of rotatable bonds is 7. The zero-order valence-corrected chi connectivity index (χ0v) is 27.2. The minimum absolute atomic E-state index is 0. The van der Waals surface area contributed by atoms with Gasteiger partial charge in [0.05, 0.1) is 44.1 Å². The maximum absolute atomic E-state index is 12.0. The number of nitrogens with one attached hydrogen (secondary N) is 1. The highest BCUT2D eigenvalue weighted by Gasteiger charge is 2.16. The van der Waals surface area contributed by atoms with Gasteiger partial charge in [-0.1, -0.05) is 109 Å². The molecule has 9 nitrogen and oxygen atoms in total. The van der Waals surface area contributed by atoms with Crippen LogP contribution in [0.3, 0.4) is 0 Å². The van der Waals surface area contributed by atoms with Gasteiger partial charge < -0.3 is 26.4 Å². The number of carboxylic acids is 3. The molecule has 0 aromatic heterocycles. The van der Waals surface area contributed by atoms with E-state index in [0.717, 1.165) is 11.1 Å². The molecule has 4 aromatic carbocycles. The first kappa shape index (κ1) is 43.3. The second-order valence-electron chi connectivity index (χ2n) is 8.84. The van der Waals surface area contributed by atoms with E-state index in [1.807, 2.05) is 0 Å². The number of aliphatic carboxylic acids is 1. The zero-order valence-electron chi connectivity index (χ0n) is 22.7. The highest BCUT2D eigenvalue weighted by molar-refractivity contribution is 6.40. The number of carbonyl (C=O) groups excluding carboxylic acids is 1. The Labute approximate surface area is 301 Å². The van der Waals surface area contributed by atoms with Gasteiger partial charge in [0.25, 0.3) is 0 Å². The molecular formula is C32H30Cl6N2O7. The van der Waals surface area contributed by atoms with Crippen LogP contribution in [0.5, 0.6) is 0 Å². The van der Waals surface area contributed by atoms with Crippen LogP contribution in [-0.2, 0) is 22.4 Å². The summed E-state index contributed by atoms with van der Waals surface area (Å²) in [7, 11) is 0. The van der Waals surface area contributed by atoms with Crippen molar-refractivity contribution in [2.24, 2.45) is 0 Å². The van der Waals surface area contributed by atoms with Crippen LogP contribution in [0.2, 0.25) is 30.1 Å². The predicted molar refractivity (Wildman–Crippen MR) is 191 cm³/mol. The third-order valence-electron chi connectivity index (χ3n) is 5.32. The van der Waals surface area contributed by atoms with Gasteiger partial charge in [-0.15, -0.1) is 0 Å². The van der Waals surface area contributed by atoms with E-state index in [1.165, 1.54) is 24.3 Å². The first-order chi connectivity index (χ1) is 21.1. The Balaban J connectivity index is 0.000000721. The molecule has 0 radical (unpaired) electrons. The SMILES string of the molecule is C.C.Nc1cc(Cl)c(C(=O)O)c(Cl)c1.O=C(Cc1cccc(Cl)c1)Nc1cc(Cl)c(C(=O)O)c(Cl)c1.O=C(O)Cc1cccc(Cl)c1. The van der Waals surface area contributed by atoms with Crippen LogP contribution in [0.4, 0.5) is 11.4 Å². The van der Waals surface area contributed by atoms with Gasteiger partial charge in [-0.2, -0.15) is 0 Å². The molecule has 0 spiro atoms. The molecular weight excluding hydrogens is 737 g/mol. The Morgan fingerprint density at radius 2 is 0.979 bits per heavy atom. The summed E-state index contributed by atoms with van der Waals surface area (Å²) < 4.78 is 0. The molecule has 0 atom stereocenters. The number of nitrogens with two attached hydrogens (primary N) is 1. The molecule has 0 saturated heterocycles. The fraction of sp³-hybridized carbons (Fsp3) is 0.125. The largest absolute Gasteiger partial charge is 0.481 e. The number of halogens is 6. The standard InChI is InChI=1S/C15H10Cl3NO3.C8H7ClO2.C7H5Cl2NO2.2CH4/c16-9-3-1-2-8(4-9)5-13(20)19-10-6-11(17)14(15(21)22)12(18)7-10;9-7-3-1-2-6(4-7)5-8(10)11;8-4-1-3(10)2-5(9)6(4)7(11)12;;/h1-4,6-7H,5H2,(H,19,20)(H,21,22);1-4H,5H2,(H,10,11);1-2H,10H2,(H,11,12);2*1H4. The number of carbonyl (C=O) groups is 4. The molecule has 0 unspecified atom stereocenters. The second-order valence-corrected chi connectivity index (χ2v) is 11.3. The maximum Gasteiger partial charge on any atom is 0.338 e. The molecule has 1 amide bonds. The van der Waals surface area contributed by atoms with Crippen molar-refractivity contribution >= 4 is 105 Å². The van der Waals surface area contributed by atoms with Gasteiger partial charge >= 0.3 is 17.9 Å². The van der Waals surface area contributed by atoms with Crippen molar-refractivity contribution in [1.29, 1.82) is 0 Å². The van der Waals surface area contributed by atoms with Crippen molar-refractivity contribution in [3.8, 4) is 0 Å². The van der Waals surface area contributed by atoms with E-state index in [-0.39, 0.29) is 64.8 Å². The molecule has 0 aliphatic heterocycles. The summed E-state index contributed by atoms with van der Waals surface area (Å²) >= 11 is 34.4. The Morgan fingerprint density at radius 3 is 1.34 bits per heavy atom. The Hall–Kier alpha value is -3.70. The third kappa shape index (κ3) is 14.7. The number of benzene rings is 4. The first-order valence-electron chi connectivity index (χ1n) is 12.3. The van der Waals surface area contributed by atoms with Crippen molar-refractivity contribution in [3.05, 3.63) is 125 Å². The van der Waals surface area contributed by atoms with Crippen molar-refractivity contribution in [1.82, 2.24) is 0 Å². The van der Waals surface area contributed by atoms with E-state index >= 15 is 0 Å². The Morgan fingerprint density at radius 1 is 0.596 bits per heavy atom. The Bertz CT molecular complexity index is 1690. The van der Waals surface area contributed by atoms with Crippen LogP contribution in [0.1, 0.15) is 46.7 Å². The lowest BCUT2D eigenvalue weighted by Crippen LogP contribution is -2.14. The van der Waals surface area contributed by atoms with Crippen LogP contribution in [0.25, 0.3) is 0 Å². The van der Waals surface area contributed by atoms with E-state index in [4.69, 9.17) is 90.7 Å². The lowest BCUT2D eigenvalue weighted by molar-refractivity contribution is -0.136. The number of aromatic carboxylic acids is 2. The molecule has 0 aliphatic rings. The fourth-order valence-corrected chi connectivity index (χ4v) is 5.25. The van der Waals surface area contributed by atoms with Crippen molar-refractivity contribution in [2.45, 2.75) is 27.7 Å². The molecule has 47 heavy (non-hydrogen) atoms. The van der Waals surface area contributed by atoms with E-state index < -0.39 is 17.9 Å². The van der Waals surface area contributed by atoms with E-state index in [0.29, 0.717) is 21.4 Å². The van der Waals surface area contributed by atoms with E-state index in [9.17, 15) is 19.2 Å². The highest BCUT2D eigenvalue weighted by Crippen LogP contribution is 2.29. The summed E-state index contributed by atoms with van der Waals surface area (Å²) in [5.74, 6) is -3.53. The van der Waals surface area contributed by atoms with E-state index in [1.54, 1.807) is 48.5 Å². The van der Waals surface area contributed by atoms with Crippen LogP contribution in [-0.4, -0.2) is 39.1 Å². The zero-order chi connectivity index (χ0) is 33.8. The highest BCUT2D eigenvalue weighted by atomic mass is 35.5. The summed E-state index contributed by atoms with van der Waals surface area (Å²) in [6.07, 6.45) is 0.150. The minimum atomic E-state index is -1.23. The van der Waals surface area contributed by atoms with Gasteiger partial charge in [0.2, 0.25) is 5.91 Å². The number of nitrogen functional groups attached to an aromatic ring is 1. The first-order valence-corrected chi connectivity index (χ1v) is 14.5. The number of hydrogen-bond donors (Lipinski definition) is 5. The molecule has 4 aromatic rings. The fourth-order valence-electron chi connectivity index (χ4n) is 3.51. The summed E-state index contributed by atoms with van der Waals surface area (Å²) in [5, 5.41) is 29.8. The van der Waals surface area contributed by atoms with Gasteiger partial charge in [-0.25, -0.2) is 9.59 Å². The maximum atomic E-state index is 12.0. The number of hydrogen-bond acceptors (Lipinski definition) is 5. The van der Waals surface area contributed by atoms with Gasteiger partial charge in [0.1, 0.15) is 0 Å². The van der Waals surface area contributed by atoms with Crippen molar-refractivity contribution in [2.75, 3.05) is 11.1 Å². The molecule has 6 N–H and O–H groups in total. The Kier molecular flexibility index (Phi) is 18.9. The lowest BCUT2D eigenvalue weighted by atomic mass is 10.1. The number of amides is 1. The molecule has 4 rings (SSSR count). The van der Waals surface area contributed by atoms with Gasteiger partial charge in [0, 0.05) is 21.4 Å². The van der Waals surface area contributed by atoms with Gasteiger partial charge in [0.15, 0.2) is 0 Å². The normalized spacial score (nSPS) is 9.57.